The van der Waals surface area contributed by atoms with Crippen molar-refractivity contribution in [3.8, 4) is 0 Å². The number of nitrogens with zero attached hydrogens (tertiary/aromatic N) is 2. The minimum absolute atomic E-state index is 0.184. The Bertz CT molecular complexity index is 392. The standard InChI is InChI=1S/C12H21N3O3/c1-4-16-7-12(3,13)11-14-10(18-15-11)9-5-8(2)17-6-9/h8-9H,4-7,13H2,1-3H3. The fourth-order valence-electron chi connectivity index (χ4n) is 2.00. The van der Waals surface area contributed by atoms with E-state index in [4.69, 9.17) is 19.7 Å². The van der Waals surface area contributed by atoms with Crippen molar-refractivity contribution in [3.05, 3.63) is 11.7 Å². The third kappa shape index (κ3) is 2.88. The van der Waals surface area contributed by atoms with Gasteiger partial charge in [-0.2, -0.15) is 4.98 Å². The Labute approximate surface area is 107 Å². The largest absolute Gasteiger partial charge is 0.379 e. The van der Waals surface area contributed by atoms with Crippen LogP contribution in [0.25, 0.3) is 0 Å². The summed E-state index contributed by atoms with van der Waals surface area (Å²) in [7, 11) is 0. The molecule has 0 radical (unpaired) electrons. The van der Waals surface area contributed by atoms with Crippen molar-refractivity contribution in [2.75, 3.05) is 19.8 Å². The summed E-state index contributed by atoms with van der Waals surface area (Å²) in [6, 6.07) is 0. The highest BCUT2D eigenvalue weighted by molar-refractivity contribution is 5.05. The molecule has 1 aromatic rings. The molecule has 2 heterocycles. The lowest BCUT2D eigenvalue weighted by molar-refractivity contribution is 0.0962. The minimum atomic E-state index is -0.719. The van der Waals surface area contributed by atoms with Gasteiger partial charge >= 0.3 is 0 Å². The lowest BCUT2D eigenvalue weighted by atomic mass is 10.0. The maximum Gasteiger partial charge on any atom is 0.232 e. The molecule has 0 amide bonds. The Morgan fingerprint density at radius 1 is 1.56 bits per heavy atom. The highest BCUT2D eigenvalue weighted by Gasteiger charge is 2.32. The van der Waals surface area contributed by atoms with Crippen LogP contribution in [0.4, 0.5) is 0 Å². The molecule has 0 aromatic carbocycles. The minimum Gasteiger partial charge on any atom is -0.379 e. The molecule has 1 aromatic heterocycles. The summed E-state index contributed by atoms with van der Waals surface area (Å²) in [6.45, 7) is 7.43. The Balaban J connectivity index is 2.05. The van der Waals surface area contributed by atoms with Crippen LogP contribution < -0.4 is 5.73 Å². The fourth-order valence-corrected chi connectivity index (χ4v) is 2.00. The van der Waals surface area contributed by atoms with Crippen LogP contribution in [0.2, 0.25) is 0 Å². The summed E-state index contributed by atoms with van der Waals surface area (Å²) in [6.07, 6.45) is 1.16. The summed E-state index contributed by atoms with van der Waals surface area (Å²) in [5.41, 5.74) is 5.40. The monoisotopic (exact) mass is 255 g/mol. The van der Waals surface area contributed by atoms with Gasteiger partial charge in [0.05, 0.1) is 25.2 Å². The van der Waals surface area contributed by atoms with Gasteiger partial charge in [-0.3, -0.25) is 0 Å². The number of rotatable bonds is 5. The predicted octanol–water partition coefficient (Wildman–Crippen LogP) is 1.17. The quantitative estimate of drug-likeness (QED) is 0.850. The molecule has 102 valence electrons. The van der Waals surface area contributed by atoms with Gasteiger partial charge in [-0.15, -0.1) is 0 Å². The molecule has 2 N–H and O–H groups in total. The van der Waals surface area contributed by atoms with Crippen molar-refractivity contribution in [1.29, 1.82) is 0 Å². The molecule has 0 saturated carbocycles. The summed E-state index contributed by atoms with van der Waals surface area (Å²) >= 11 is 0. The molecule has 1 aliphatic rings. The maximum absolute atomic E-state index is 6.12. The Morgan fingerprint density at radius 2 is 2.33 bits per heavy atom. The van der Waals surface area contributed by atoms with E-state index in [-0.39, 0.29) is 12.0 Å². The van der Waals surface area contributed by atoms with Gasteiger partial charge in [0, 0.05) is 6.61 Å². The van der Waals surface area contributed by atoms with Gasteiger partial charge in [0.2, 0.25) is 5.89 Å². The molecule has 6 heteroatoms. The Morgan fingerprint density at radius 3 is 2.94 bits per heavy atom. The molecule has 0 spiro atoms. The number of hydrogen-bond acceptors (Lipinski definition) is 6. The molecule has 2 rings (SSSR count). The van der Waals surface area contributed by atoms with Crippen LogP contribution in [0.1, 0.15) is 44.8 Å². The topological polar surface area (TPSA) is 83.4 Å². The van der Waals surface area contributed by atoms with Crippen molar-refractivity contribution in [2.45, 2.75) is 44.8 Å². The first-order valence-corrected chi connectivity index (χ1v) is 6.35. The van der Waals surface area contributed by atoms with E-state index in [9.17, 15) is 0 Å². The van der Waals surface area contributed by atoms with Crippen molar-refractivity contribution in [3.63, 3.8) is 0 Å². The molecule has 0 aliphatic carbocycles. The van der Waals surface area contributed by atoms with Crippen LogP contribution >= 0.6 is 0 Å². The summed E-state index contributed by atoms with van der Waals surface area (Å²) in [5, 5.41) is 3.96. The summed E-state index contributed by atoms with van der Waals surface area (Å²) in [5.74, 6) is 1.29. The number of nitrogens with two attached hydrogens (primary N) is 1. The van der Waals surface area contributed by atoms with E-state index >= 15 is 0 Å². The lowest BCUT2D eigenvalue weighted by Crippen LogP contribution is -2.39. The van der Waals surface area contributed by atoms with Gasteiger partial charge in [-0.25, -0.2) is 0 Å². The van der Waals surface area contributed by atoms with Crippen LogP contribution in [0, 0.1) is 0 Å². The Hall–Kier alpha value is -0.980. The van der Waals surface area contributed by atoms with Crippen LogP contribution in [0.15, 0.2) is 4.52 Å². The molecule has 1 aliphatic heterocycles. The first-order valence-electron chi connectivity index (χ1n) is 6.35. The molecule has 1 saturated heterocycles. The van der Waals surface area contributed by atoms with E-state index < -0.39 is 5.54 Å². The van der Waals surface area contributed by atoms with Crippen molar-refractivity contribution >= 4 is 0 Å². The zero-order valence-corrected chi connectivity index (χ0v) is 11.2. The second-order valence-electron chi connectivity index (χ2n) is 5.09. The highest BCUT2D eigenvalue weighted by atomic mass is 16.5. The number of ether oxygens (including phenoxy) is 2. The molecule has 3 unspecified atom stereocenters. The van der Waals surface area contributed by atoms with Gasteiger partial charge in [-0.1, -0.05) is 5.16 Å². The maximum atomic E-state index is 6.12. The molecule has 18 heavy (non-hydrogen) atoms. The van der Waals surface area contributed by atoms with Crippen LogP contribution in [0.5, 0.6) is 0 Å². The van der Waals surface area contributed by atoms with Crippen molar-refractivity contribution in [2.24, 2.45) is 5.73 Å². The lowest BCUT2D eigenvalue weighted by Gasteiger charge is -2.19. The van der Waals surface area contributed by atoms with E-state index in [0.29, 0.717) is 31.5 Å². The first kappa shape index (κ1) is 13.5. The number of aromatic nitrogens is 2. The second kappa shape index (κ2) is 5.34. The molecular weight excluding hydrogens is 234 g/mol. The van der Waals surface area contributed by atoms with Crippen LogP contribution in [0.3, 0.4) is 0 Å². The van der Waals surface area contributed by atoms with Crippen molar-refractivity contribution in [1.82, 2.24) is 10.1 Å². The van der Waals surface area contributed by atoms with E-state index in [1.807, 2.05) is 20.8 Å². The van der Waals surface area contributed by atoms with E-state index in [0.717, 1.165) is 6.42 Å². The zero-order chi connectivity index (χ0) is 13.2. The average molecular weight is 255 g/mol. The van der Waals surface area contributed by atoms with Gasteiger partial charge in [0.15, 0.2) is 5.82 Å². The normalized spacial score (nSPS) is 27.3. The molecular formula is C12H21N3O3. The zero-order valence-electron chi connectivity index (χ0n) is 11.2. The molecule has 0 bridgehead atoms. The van der Waals surface area contributed by atoms with Crippen molar-refractivity contribution < 1.29 is 14.0 Å². The fraction of sp³-hybridized carbons (Fsp3) is 0.833. The first-order chi connectivity index (χ1) is 8.53. The van der Waals surface area contributed by atoms with Crippen LogP contribution in [-0.4, -0.2) is 36.1 Å². The summed E-state index contributed by atoms with van der Waals surface area (Å²) in [4.78, 5) is 4.39. The predicted molar refractivity (Wildman–Crippen MR) is 65.1 cm³/mol. The average Bonchev–Trinajstić information content (AvgIpc) is 2.94. The third-order valence-electron chi connectivity index (χ3n) is 3.11. The number of hydrogen-bond donors (Lipinski definition) is 1. The third-order valence-corrected chi connectivity index (χ3v) is 3.11. The van der Waals surface area contributed by atoms with Gasteiger partial charge < -0.3 is 19.7 Å². The van der Waals surface area contributed by atoms with Gasteiger partial charge in [-0.05, 0) is 27.2 Å². The second-order valence-corrected chi connectivity index (χ2v) is 5.09. The van der Waals surface area contributed by atoms with Gasteiger partial charge in [0.25, 0.3) is 0 Å². The van der Waals surface area contributed by atoms with E-state index in [2.05, 4.69) is 10.1 Å². The SMILES string of the molecule is CCOCC(C)(N)c1noc(C2COC(C)C2)n1. The van der Waals surface area contributed by atoms with Crippen LogP contribution in [-0.2, 0) is 15.0 Å². The molecule has 6 nitrogen and oxygen atoms in total. The Kier molecular flexibility index (Phi) is 3.99. The summed E-state index contributed by atoms with van der Waals surface area (Å²) < 4.78 is 16.1. The smallest absolute Gasteiger partial charge is 0.232 e. The van der Waals surface area contributed by atoms with Gasteiger partial charge in [0.1, 0.15) is 5.54 Å². The van der Waals surface area contributed by atoms with E-state index in [1.165, 1.54) is 0 Å². The van der Waals surface area contributed by atoms with E-state index in [1.54, 1.807) is 0 Å². The molecule has 3 atom stereocenters. The highest BCUT2D eigenvalue weighted by Crippen LogP contribution is 2.29. The molecule has 1 fully saturated rings.